The number of hydrogen-bond donors (Lipinski definition) is 2. The van der Waals surface area contributed by atoms with Crippen molar-refractivity contribution in [3.8, 4) is 6.07 Å². The van der Waals surface area contributed by atoms with Crippen LogP contribution in [-0.2, 0) is 0 Å². The Hall–Kier alpha value is -1.24. The predicted octanol–water partition coefficient (Wildman–Crippen LogP) is 2.70. The molecule has 0 fully saturated rings. The molecule has 3 nitrogen and oxygen atoms in total. The van der Waals surface area contributed by atoms with Gasteiger partial charge in [-0.2, -0.15) is 5.26 Å². The molecule has 2 atom stereocenters. The molecule has 86 valence electrons. The number of hydrogen-bond acceptors (Lipinski definition) is 3. The molecule has 0 saturated heterocycles. The maximum atomic E-state index is 9.40. The van der Waals surface area contributed by atoms with Crippen LogP contribution in [0.4, 0.5) is 5.69 Å². The Balaban J connectivity index is 3.00. The zero-order chi connectivity index (χ0) is 12.3. The normalized spacial score (nSPS) is 14.0. The number of aliphatic hydroxyl groups excluding tert-OH is 1. The van der Waals surface area contributed by atoms with E-state index in [0.717, 1.165) is 11.3 Å². The van der Waals surface area contributed by atoms with Gasteiger partial charge >= 0.3 is 0 Å². The fourth-order valence-corrected chi connectivity index (χ4v) is 1.50. The van der Waals surface area contributed by atoms with Gasteiger partial charge in [0.1, 0.15) is 6.07 Å². The predicted molar refractivity (Wildman–Crippen MR) is 65.7 cm³/mol. The van der Waals surface area contributed by atoms with Crippen LogP contribution in [0, 0.1) is 18.3 Å². The van der Waals surface area contributed by atoms with Crippen molar-refractivity contribution in [3.63, 3.8) is 0 Å². The molecule has 4 heteroatoms. The molecule has 1 aromatic carbocycles. The van der Waals surface area contributed by atoms with Gasteiger partial charge in [0.2, 0.25) is 0 Å². The maximum Gasteiger partial charge on any atom is 0.101 e. The first-order valence-electron chi connectivity index (χ1n) is 5.11. The molecule has 0 aliphatic carbocycles. The average molecular weight is 239 g/mol. The van der Waals surface area contributed by atoms with Crippen LogP contribution in [0.5, 0.6) is 0 Å². The van der Waals surface area contributed by atoms with E-state index < -0.39 is 6.10 Å². The summed E-state index contributed by atoms with van der Waals surface area (Å²) < 4.78 is 0. The molecule has 1 aromatic rings. The largest absolute Gasteiger partial charge is 0.391 e. The summed E-state index contributed by atoms with van der Waals surface area (Å²) in [7, 11) is 0. The van der Waals surface area contributed by atoms with Gasteiger partial charge in [-0.3, -0.25) is 0 Å². The van der Waals surface area contributed by atoms with Crippen LogP contribution in [0.1, 0.15) is 25.0 Å². The zero-order valence-corrected chi connectivity index (χ0v) is 10.3. The van der Waals surface area contributed by atoms with E-state index in [1.165, 1.54) is 0 Å². The summed E-state index contributed by atoms with van der Waals surface area (Å²) >= 11 is 6.04. The Labute approximate surface area is 101 Å². The summed E-state index contributed by atoms with van der Waals surface area (Å²) in [6.07, 6.45) is -0.450. The van der Waals surface area contributed by atoms with Crippen LogP contribution in [0.15, 0.2) is 12.1 Å². The Morgan fingerprint density at radius 1 is 1.44 bits per heavy atom. The minimum absolute atomic E-state index is 0.0669. The van der Waals surface area contributed by atoms with Crippen molar-refractivity contribution in [2.24, 2.45) is 0 Å². The SMILES string of the molecule is Cc1c(N[C@@H](C)[C@H](C)O)ccc(C#N)c1Cl. The molecular formula is C12H15ClN2O. The number of aliphatic hydroxyl groups is 1. The highest BCUT2D eigenvalue weighted by molar-refractivity contribution is 6.32. The second-order valence-corrected chi connectivity index (χ2v) is 4.26. The van der Waals surface area contributed by atoms with E-state index in [2.05, 4.69) is 5.32 Å². The molecule has 0 unspecified atom stereocenters. The first kappa shape index (κ1) is 12.8. The highest BCUT2D eigenvalue weighted by atomic mass is 35.5. The summed E-state index contributed by atoms with van der Waals surface area (Å²) in [5.41, 5.74) is 2.14. The minimum Gasteiger partial charge on any atom is -0.391 e. The molecular weight excluding hydrogens is 224 g/mol. The molecule has 16 heavy (non-hydrogen) atoms. The number of rotatable bonds is 3. The van der Waals surface area contributed by atoms with Crippen LogP contribution < -0.4 is 5.32 Å². The first-order chi connectivity index (χ1) is 7.47. The summed E-state index contributed by atoms with van der Waals surface area (Å²) in [6.45, 7) is 5.45. The van der Waals surface area contributed by atoms with E-state index in [0.29, 0.717) is 10.6 Å². The number of anilines is 1. The first-order valence-corrected chi connectivity index (χ1v) is 5.49. The number of halogens is 1. The number of benzene rings is 1. The standard InChI is InChI=1S/C12H15ClN2O/c1-7-11(15-8(2)9(3)16)5-4-10(6-14)12(7)13/h4-5,8-9,15-16H,1-3H3/t8-,9-/m0/s1. The van der Waals surface area contributed by atoms with E-state index in [9.17, 15) is 5.11 Å². The Bertz CT molecular complexity index is 424. The molecule has 1 rings (SSSR count). The Kier molecular flexibility index (Phi) is 4.17. The fourth-order valence-electron chi connectivity index (χ4n) is 1.29. The molecule has 0 heterocycles. The van der Waals surface area contributed by atoms with Gasteiger partial charge in [0.25, 0.3) is 0 Å². The van der Waals surface area contributed by atoms with Gasteiger partial charge in [-0.25, -0.2) is 0 Å². The molecule has 2 N–H and O–H groups in total. The van der Waals surface area contributed by atoms with Crippen LogP contribution in [0.3, 0.4) is 0 Å². The molecule has 0 radical (unpaired) electrons. The lowest BCUT2D eigenvalue weighted by molar-refractivity contribution is 0.178. The Morgan fingerprint density at radius 3 is 2.56 bits per heavy atom. The average Bonchev–Trinajstić information content (AvgIpc) is 2.25. The Morgan fingerprint density at radius 2 is 2.06 bits per heavy atom. The second-order valence-electron chi connectivity index (χ2n) is 3.89. The van der Waals surface area contributed by atoms with E-state index >= 15 is 0 Å². The summed E-state index contributed by atoms with van der Waals surface area (Å²) in [6, 6.07) is 5.44. The van der Waals surface area contributed by atoms with Gasteiger partial charge in [0.05, 0.1) is 16.7 Å². The fraction of sp³-hybridized carbons (Fsp3) is 0.417. The highest BCUT2D eigenvalue weighted by Gasteiger charge is 2.12. The van der Waals surface area contributed by atoms with Crippen molar-refractivity contribution in [1.82, 2.24) is 0 Å². The minimum atomic E-state index is -0.450. The molecule has 0 spiro atoms. The molecule has 0 saturated carbocycles. The van der Waals surface area contributed by atoms with Gasteiger partial charge in [-0.1, -0.05) is 11.6 Å². The van der Waals surface area contributed by atoms with E-state index in [-0.39, 0.29) is 6.04 Å². The van der Waals surface area contributed by atoms with E-state index in [4.69, 9.17) is 16.9 Å². The number of nitriles is 1. The third-order valence-electron chi connectivity index (χ3n) is 2.61. The van der Waals surface area contributed by atoms with Crippen LogP contribution in [0.2, 0.25) is 5.02 Å². The van der Waals surface area contributed by atoms with Gasteiger partial charge in [0.15, 0.2) is 0 Å². The van der Waals surface area contributed by atoms with Crippen molar-refractivity contribution in [1.29, 1.82) is 5.26 Å². The van der Waals surface area contributed by atoms with Crippen molar-refractivity contribution < 1.29 is 5.11 Å². The topological polar surface area (TPSA) is 56.0 Å². The quantitative estimate of drug-likeness (QED) is 0.851. The molecule has 0 amide bonds. The number of nitrogens with one attached hydrogen (secondary N) is 1. The lowest BCUT2D eigenvalue weighted by Crippen LogP contribution is -2.28. The maximum absolute atomic E-state index is 9.40. The molecule has 0 aromatic heterocycles. The van der Waals surface area contributed by atoms with Gasteiger partial charge < -0.3 is 10.4 Å². The highest BCUT2D eigenvalue weighted by Crippen LogP contribution is 2.27. The monoisotopic (exact) mass is 238 g/mol. The van der Waals surface area contributed by atoms with Gasteiger partial charge in [0, 0.05) is 11.7 Å². The van der Waals surface area contributed by atoms with Crippen molar-refractivity contribution >= 4 is 17.3 Å². The summed E-state index contributed by atoms with van der Waals surface area (Å²) in [5, 5.41) is 21.8. The lowest BCUT2D eigenvalue weighted by atomic mass is 10.1. The van der Waals surface area contributed by atoms with Gasteiger partial charge in [-0.05, 0) is 38.5 Å². The summed E-state index contributed by atoms with van der Waals surface area (Å²) in [5.74, 6) is 0. The molecule has 0 aliphatic rings. The smallest absolute Gasteiger partial charge is 0.101 e. The molecule has 0 bridgehead atoms. The van der Waals surface area contributed by atoms with Gasteiger partial charge in [-0.15, -0.1) is 0 Å². The van der Waals surface area contributed by atoms with E-state index in [1.807, 2.05) is 19.9 Å². The third kappa shape index (κ3) is 2.66. The van der Waals surface area contributed by atoms with Crippen LogP contribution in [-0.4, -0.2) is 17.3 Å². The van der Waals surface area contributed by atoms with Crippen molar-refractivity contribution in [2.45, 2.75) is 32.9 Å². The third-order valence-corrected chi connectivity index (χ3v) is 3.10. The number of nitrogens with zero attached hydrogens (tertiary/aromatic N) is 1. The lowest BCUT2D eigenvalue weighted by Gasteiger charge is -2.20. The molecule has 0 aliphatic heterocycles. The summed E-state index contributed by atoms with van der Waals surface area (Å²) in [4.78, 5) is 0. The van der Waals surface area contributed by atoms with E-state index in [1.54, 1.807) is 19.1 Å². The van der Waals surface area contributed by atoms with Crippen LogP contribution in [0.25, 0.3) is 0 Å². The van der Waals surface area contributed by atoms with Crippen LogP contribution >= 0.6 is 11.6 Å². The zero-order valence-electron chi connectivity index (χ0n) is 9.58. The second kappa shape index (κ2) is 5.20. The van der Waals surface area contributed by atoms with Crippen molar-refractivity contribution in [2.75, 3.05) is 5.32 Å². The van der Waals surface area contributed by atoms with Crippen molar-refractivity contribution in [3.05, 3.63) is 28.3 Å².